The molecule has 0 atom stereocenters. The minimum Gasteiger partial charge on any atom is -0.236 e. The van der Waals surface area contributed by atoms with Crippen molar-refractivity contribution in [2.45, 2.75) is 17.2 Å². The second-order valence-electron chi connectivity index (χ2n) is 7.63. The van der Waals surface area contributed by atoms with Gasteiger partial charge in [0.2, 0.25) is 0 Å². The van der Waals surface area contributed by atoms with E-state index in [0.717, 1.165) is 18.2 Å². The normalized spacial score (nSPS) is 12.6. The number of rotatable bonds is 9. The molecule has 0 aliphatic carbocycles. The minimum absolute atomic E-state index is 0.377. The van der Waals surface area contributed by atoms with E-state index >= 15 is 4.39 Å². The highest BCUT2D eigenvalue weighted by atomic mass is 35.5. The summed E-state index contributed by atoms with van der Waals surface area (Å²) in [5, 5.41) is -0.377. The highest BCUT2D eigenvalue weighted by Gasteiger charge is 2.43. The number of alkyl halides is 1. The topological polar surface area (TPSA) is 68.3 Å². The van der Waals surface area contributed by atoms with Crippen LogP contribution >= 0.6 is 11.6 Å². The Kier molecular flexibility index (Phi) is 7.37. The minimum atomic E-state index is -4.10. The van der Waals surface area contributed by atoms with E-state index in [4.69, 9.17) is 11.6 Å². The van der Waals surface area contributed by atoms with E-state index in [2.05, 4.69) is 0 Å². The van der Waals surface area contributed by atoms with Gasteiger partial charge in [0, 0.05) is 10.6 Å². The van der Waals surface area contributed by atoms with E-state index in [0.29, 0.717) is 11.1 Å². The number of hydrogen-bond donors (Lipinski definition) is 0. The van der Waals surface area contributed by atoms with Crippen molar-refractivity contribution in [2.75, 3.05) is 11.5 Å². The van der Waals surface area contributed by atoms with Gasteiger partial charge in [-0.25, -0.2) is 25.6 Å². The summed E-state index contributed by atoms with van der Waals surface area (Å²) in [5.41, 5.74) is -2.38. The van der Waals surface area contributed by atoms with Crippen molar-refractivity contribution in [3.63, 3.8) is 0 Å². The Balaban J connectivity index is 1.97. The van der Waals surface area contributed by atoms with Crippen molar-refractivity contribution < 1.29 is 25.6 Å². The van der Waals surface area contributed by atoms with E-state index in [1.165, 1.54) is 0 Å². The Bertz CT molecular complexity index is 1210. The molecule has 0 heterocycles. The molecule has 0 amide bonds. The SMILES string of the molecule is O=S(=O)(Cc1ccccc1)CC(F)(CS(=O)(=O)Cc1ccccc1)c1ccc(F)cc1Cl. The van der Waals surface area contributed by atoms with Crippen molar-refractivity contribution >= 4 is 31.3 Å². The molecule has 0 saturated carbocycles. The fourth-order valence-electron chi connectivity index (χ4n) is 3.51. The number of benzene rings is 3. The molecular formula is C23H21ClF2O4S2. The molecule has 4 nitrogen and oxygen atoms in total. The zero-order chi connectivity index (χ0) is 23.4. The lowest BCUT2D eigenvalue weighted by Crippen LogP contribution is -2.38. The molecular weight excluding hydrogens is 478 g/mol. The highest BCUT2D eigenvalue weighted by Crippen LogP contribution is 2.36. The Morgan fingerprint density at radius 2 is 1.16 bits per heavy atom. The van der Waals surface area contributed by atoms with E-state index in [1.54, 1.807) is 60.7 Å². The maximum Gasteiger partial charge on any atom is 0.165 e. The molecule has 0 unspecified atom stereocenters. The third kappa shape index (κ3) is 6.60. The van der Waals surface area contributed by atoms with Crippen molar-refractivity contribution in [3.8, 4) is 0 Å². The third-order valence-electron chi connectivity index (χ3n) is 4.77. The number of hydrogen-bond acceptors (Lipinski definition) is 4. The van der Waals surface area contributed by atoms with Crippen LogP contribution in [0.1, 0.15) is 16.7 Å². The molecule has 0 saturated heterocycles. The van der Waals surface area contributed by atoms with Gasteiger partial charge in [0.05, 0.1) is 23.0 Å². The van der Waals surface area contributed by atoms with Crippen LogP contribution < -0.4 is 0 Å². The quantitative estimate of drug-likeness (QED) is 0.422. The average molecular weight is 499 g/mol. The van der Waals surface area contributed by atoms with Gasteiger partial charge in [-0.05, 0) is 23.3 Å². The van der Waals surface area contributed by atoms with Crippen LogP contribution in [0.15, 0.2) is 78.9 Å². The summed E-state index contributed by atoms with van der Waals surface area (Å²) in [6, 6.07) is 19.1. The lowest BCUT2D eigenvalue weighted by Gasteiger charge is -2.27. The smallest absolute Gasteiger partial charge is 0.165 e. The molecule has 9 heteroatoms. The van der Waals surface area contributed by atoms with Crippen LogP contribution in [0.5, 0.6) is 0 Å². The van der Waals surface area contributed by atoms with E-state index in [-0.39, 0.29) is 10.6 Å². The van der Waals surface area contributed by atoms with Gasteiger partial charge in [-0.15, -0.1) is 0 Å². The molecule has 0 spiro atoms. The number of sulfone groups is 2. The van der Waals surface area contributed by atoms with Crippen LogP contribution in [0, 0.1) is 5.82 Å². The molecule has 32 heavy (non-hydrogen) atoms. The first kappa shape index (κ1) is 24.4. The standard InChI is InChI=1S/C23H21ClF2O4S2/c24-22-13-20(25)11-12-21(22)23(26,16-31(27,28)14-18-7-3-1-4-8-18)17-32(29,30)15-19-9-5-2-6-10-19/h1-13H,14-17H2. The Labute approximate surface area is 191 Å². The van der Waals surface area contributed by atoms with Gasteiger partial charge in [0.25, 0.3) is 0 Å². The third-order valence-corrected chi connectivity index (χ3v) is 8.42. The molecule has 0 fully saturated rings. The molecule has 170 valence electrons. The summed E-state index contributed by atoms with van der Waals surface area (Å²) in [6.45, 7) is 0. The van der Waals surface area contributed by atoms with Gasteiger partial charge in [-0.3, -0.25) is 0 Å². The first-order valence-corrected chi connectivity index (χ1v) is 13.6. The van der Waals surface area contributed by atoms with Gasteiger partial charge in [0.1, 0.15) is 5.82 Å². The van der Waals surface area contributed by atoms with Crippen LogP contribution in [0.3, 0.4) is 0 Å². The monoisotopic (exact) mass is 498 g/mol. The molecule has 3 rings (SSSR count). The fraction of sp³-hybridized carbons (Fsp3) is 0.217. The molecule has 0 aliphatic heterocycles. The zero-order valence-corrected chi connectivity index (χ0v) is 19.3. The maximum absolute atomic E-state index is 16.3. The summed E-state index contributed by atoms with van der Waals surface area (Å²) in [5.74, 6) is -3.93. The van der Waals surface area contributed by atoms with Crippen LogP contribution in [0.25, 0.3) is 0 Å². The molecule has 0 bridgehead atoms. The van der Waals surface area contributed by atoms with E-state index < -0.39 is 54.2 Å². The highest BCUT2D eigenvalue weighted by molar-refractivity contribution is 7.91. The molecule has 0 aliphatic rings. The van der Waals surface area contributed by atoms with Gasteiger partial charge in [-0.1, -0.05) is 78.3 Å². The molecule has 3 aromatic rings. The maximum atomic E-state index is 16.3. The van der Waals surface area contributed by atoms with Crippen molar-refractivity contribution in [1.82, 2.24) is 0 Å². The van der Waals surface area contributed by atoms with Crippen molar-refractivity contribution in [2.24, 2.45) is 0 Å². The van der Waals surface area contributed by atoms with E-state index in [9.17, 15) is 21.2 Å². The molecule has 3 aromatic carbocycles. The lowest BCUT2D eigenvalue weighted by atomic mass is 10.00. The largest absolute Gasteiger partial charge is 0.236 e. The summed E-state index contributed by atoms with van der Waals surface area (Å²) in [4.78, 5) is 0. The fourth-order valence-corrected chi connectivity index (χ4v) is 7.49. The first-order chi connectivity index (χ1) is 15.0. The van der Waals surface area contributed by atoms with Gasteiger partial charge in [-0.2, -0.15) is 0 Å². The molecule has 0 radical (unpaired) electrons. The first-order valence-electron chi connectivity index (χ1n) is 9.61. The van der Waals surface area contributed by atoms with Crippen molar-refractivity contribution in [3.05, 3.63) is 106 Å². The lowest BCUT2D eigenvalue weighted by molar-refractivity contribution is 0.227. The van der Waals surface area contributed by atoms with E-state index in [1.807, 2.05) is 0 Å². The van der Waals surface area contributed by atoms with Crippen LogP contribution in [-0.4, -0.2) is 28.3 Å². The Morgan fingerprint density at radius 1 is 0.719 bits per heavy atom. The van der Waals surface area contributed by atoms with Crippen molar-refractivity contribution in [1.29, 1.82) is 0 Å². The van der Waals surface area contributed by atoms with Gasteiger partial charge in [0.15, 0.2) is 25.3 Å². The molecule has 0 aromatic heterocycles. The van der Waals surface area contributed by atoms with Gasteiger partial charge >= 0.3 is 0 Å². The van der Waals surface area contributed by atoms with Gasteiger partial charge < -0.3 is 0 Å². The summed E-state index contributed by atoms with van der Waals surface area (Å²) < 4.78 is 81.3. The summed E-state index contributed by atoms with van der Waals surface area (Å²) in [7, 11) is -8.21. The second-order valence-corrected chi connectivity index (χ2v) is 12.2. The van der Waals surface area contributed by atoms with Crippen LogP contribution in [0.2, 0.25) is 5.02 Å². The average Bonchev–Trinajstić information content (AvgIpc) is 2.67. The summed E-state index contributed by atoms with van der Waals surface area (Å²) in [6.07, 6.45) is 0. The predicted molar refractivity (Wildman–Crippen MR) is 122 cm³/mol. The van der Waals surface area contributed by atoms with Crippen LogP contribution in [0.4, 0.5) is 8.78 Å². The second kappa shape index (κ2) is 9.68. The molecule has 0 N–H and O–H groups in total. The zero-order valence-electron chi connectivity index (χ0n) is 16.9. The van der Waals surface area contributed by atoms with Crippen LogP contribution in [-0.2, 0) is 36.8 Å². The number of halogens is 3. The summed E-state index contributed by atoms with van der Waals surface area (Å²) >= 11 is 6.02. The predicted octanol–water partition coefficient (Wildman–Crippen LogP) is 4.87. The Morgan fingerprint density at radius 3 is 1.56 bits per heavy atom. The Hall–Kier alpha value is -2.29.